The van der Waals surface area contributed by atoms with Gasteiger partial charge in [-0.3, -0.25) is 4.57 Å². The lowest BCUT2D eigenvalue weighted by molar-refractivity contribution is 0.669. The number of benzene rings is 9. The summed E-state index contributed by atoms with van der Waals surface area (Å²) in [5.41, 5.74) is 15.0. The highest BCUT2D eigenvalue weighted by Gasteiger charge is 2.22. The van der Waals surface area contributed by atoms with E-state index in [4.69, 9.17) is 18.8 Å². The Bertz CT molecular complexity index is 3890. The molecule has 0 saturated carbocycles. The molecule has 0 aliphatic heterocycles. The SMILES string of the molecule is c1ccc(-c2nc(-n3c4ccc(-c5cccc6c5oc5ccccc56)cc4c4cccc(-c5cccc(-c6ccc7oc8ccccc8c7c6)c5)c43)nc3ccccc23)cc1. The molecule has 0 atom stereocenters. The van der Waals surface area contributed by atoms with Crippen LogP contribution in [0.1, 0.15) is 0 Å². The third kappa shape index (κ3) is 5.21. The van der Waals surface area contributed by atoms with Crippen molar-refractivity contribution in [1.82, 2.24) is 14.5 Å². The Morgan fingerprint density at radius 1 is 0.344 bits per heavy atom. The van der Waals surface area contributed by atoms with Crippen LogP contribution >= 0.6 is 0 Å². The summed E-state index contributed by atoms with van der Waals surface area (Å²) in [4.78, 5) is 10.8. The fourth-order valence-electron chi connectivity index (χ4n) is 9.40. The smallest absolute Gasteiger partial charge is 0.235 e. The molecular formula is C56H33N3O2. The van der Waals surface area contributed by atoms with Gasteiger partial charge in [0, 0.05) is 54.4 Å². The molecule has 0 radical (unpaired) electrons. The molecule has 13 rings (SSSR count). The average molecular weight is 780 g/mol. The lowest BCUT2D eigenvalue weighted by atomic mass is 9.96. The zero-order valence-electron chi connectivity index (χ0n) is 32.7. The molecule has 13 aromatic rings. The Morgan fingerprint density at radius 2 is 0.934 bits per heavy atom. The van der Waals surface area contributed by atoms with Crippen LogP contribution in [-0.2, 0) is 0 Å². The fraction of sp³-hybridized carbons (Fsp3) is 0. The van der Waals surface area contributed by atoms with Crippen molar-refractivity contribution in [2.24, 2.45) is 0 Å². The van der Waals surface area contributed by atoms with Crippen LogP contribution in [0.2, 0.25) is 0 Å². The van der Waals surface area contributed by atoms with E-state index >= 15 is 0 Å². The predicted octanol–water partition coefficient (Wildman–Crippen LogP) is 15.2. The second kappa shape index (κ2) is 13.1. The van der Waals surface area contributed by atoms with E-state index in [9.17, 15) is 0 Å². The van der Waals surface area contributed by atoms with Crippen LogP contribution < -0.4 is 0 Å². The minimum absolute atomic E-state index is 0.616. The summed E-state index contributed by atoms with van der Waals surface area (Å²) in [6.45, 7) is 0. The standard InChI is InChI=1S/C56H33N3O2/c1-2-13-34(14-3-1)53-45-19-4-7-24-48(45)57-56(58-53)59-49-29-27-38(40-21-12-23-44-41-17-5-9-26-51(41)61-55(40)44)33-46(49)43-22-11-20-39(54(43)59)37-16-10-15-35(31-37)36-28-30-52-47(32-36)42-18-6-8-25-50(42)60-52/h1-33H. The van der Waals surface area contributed by atoms with Crippen molar-refractivity contribution in [3.63, 3.8) is 0 Å². The van der Waals surface area contributed by atoms with Gasteiger partial charge in [0.05, 0.1) is 22.2 Å². The van der Waals surface area contributed by atoms with Gasteiger partial charge in [0.2, 0.25) is 5.95 Å². The number of furan rings is 2. The highest BCUT2D eigenvalue weighted by Crippen LogP contribution is 2.43. The van der Waals surface area contributed by atoms with Crippen molar-refractivity contribution >= 4 is 76.6 Å². The molecule has 0 unspecified atom stereocenters. The van der Waals surface area contributed by atoms with Crippen LogP contribution in [0.5, 0.6) is 0 Å². The van der Waals surface area contributed by atoms with Crippen molar-refractivity contribution in [2.75, 3.05) is 0 Å². The Kier molecular flexibility index (Phi) is 7.24. The van der Waals surface area contributed by atoms with Gasteiger partial charge in [-0.1, -0.05) is 152 Å². The fourth-order valence-corrected chi connectivity index (χ4v) is 9.40. The number of hydrogen-bond acceptors (Lipinski definition) is 4. The molecule has 0 amide bonds. The van der Waals surface area contributed by atoms with Gasteiger partial charge in [0.15, 0.2) is 0 Å². The van der Waals surface area contributed by atoms with Gasteiger partial charge >= 0.3 is 0 Å². The molecule has 284 valence electrons. The second-order valence-electron chi connectivity index (χ2n) is 15.7. The molecule has 4 aromatic heterocycles. The minimum Gasteiger partial charge on any atom is -0.456 e. The van der Waals surface area contributed by atoms with Crippen LogP contribution in [-0.4, -0.2) is 14.5 Å². The maximum Gasteiger partial charge on any atom is 0.235 e. The third-order valence-electron chi connectivity index (χ3n) is 12.2. The molecule has 61 heavy (non-hydrogen) atoms. The molecule has 5 nitrogen and oxygen atoms in total. The first kappa shape index (κ1) is 33.7. The molecule has 0 fully saturated rings. The number of nitrogens with zero attached hydrogens (tertiary/aromatic N) is 3. The lowest BCUT2D eigenvalue weighted by Gasteiger charge is -2.14. The number of rotatable bonds is 5. The molecule has 9 aromatic carbocycles. The molecule has 5 heteroatoms. The van der Waals surface area contributed by atoms with E-state index in [-0.39, 0.29) is 0 Å². The molecule has 0 bridgehead atoms. The number of fused-ring (bicyclic) bond motifs is 10. The van der Waals surface area contributed by atoms with Crippen molar-refractivity contribution in [1.29, 1.82) is 0 Å². The summed E-state index contributed by atoms with van der Waals surface area (Å²) in [6, 6.07) is 70.3. The Labute approximate surface area is 349 Å². The number of hydrogen-bond donors (Lipinski definition) is 0. The Hall–Kier alpha value is -8.28. The molecule has 0 spiro atoms. The quantitative estimate of drug-likeness (QED) is 0.175. The van der Waals surface area contributed by atoms with E-state index in [1.54, 1.807) is 0 Å². The molecule has 0 N–H and O–H groups in total. The first-order chi connectivity index (χ1) is 30.2. The van der Waals surface area contributed by atoms with Crippen LogP contribution in [0.15, 0.2) is 209 Å². The van der Waals surface area contributed by atoms with Crippen LogP contribution in [0.25, 0.3) is 127 Å². The van der Waals surface area contributed by atoms with E-state index in [0.717, 1.165) is 121 Å². The van der Waals surface area contributed by atoms with Crippen molar-refractivity contribution in [2.45, 2.75) is 0 Å². The minimum atomic E-state index is 0.616. The third-order valence-corrected chi connectivity index (χ3v) is 12.2. The molecule has 0 saturated heterocycles. The maximum atomic E-state index is 6.54. The Balaban J connectivity index is 1.07. The highest BCUT2D eigenvalue weighted by molar-refractivity contribution is 6.16. The zero-order valence-corrected chi connectivity index (χ0v) is 32.7. The van der Waals surface area contributed by atoms with Gasteiger partial charge in [-0.2, -0.15) is 0 Å². The van der Waals surface area contributed by atoms with Crippen LogP contribution in [0.4, 0.5) is 0 Å². The molecule has 0 aliphatic rings. The van der Waals surface area contributed by atoms with Crippen molar-refractivity contribution in [3.05, 3.63) is 200 Å². The van der Waals surface area contributed by atoms with Crippen LogP contribution in [0.3, 0.4) is 0 Å². The van der Waals surface area contributed by atoms with Crippen LogP contribution in [0, 0.1) is 0 Å². The average Bonchev–Trinajstić information content (AvgIpc) is 4.01. The summed E-state index contributed by atoms with van der Waals surface area (Å²) in [5.74, 6) is 0.616. The Morgan fingerprint density at radius 3 is 1.80 bits per heavy atom. The van der Waals surface area contributed by atoms with Gasteiger partial charge in [-0.25, -0.2) is 9.97 Å². The van der Waals surface area contributed by atoms with Gasteiger partial charge in [-0.05, 0) is 70.8 Å². The van der Waals surface area contributed by atoms with E-state index in [1.807, 2.05) is 36.4 Å². The monoisotopic (exact) mass is 779 g/mol. The largest absolute Gasteiger partial charge is 0.456 e. The first-order valence-electron chi connectivity index (χ1n) is 20.6. The summed E-state index contributed by atoms with van der Waals surface area (Å²) >= 11 is 0. The summed E-state index contributed by atoms with van der Waals surface area (Å²) in [7, 11) is 0. The van der Waals surface area contributed by atoms with Gasteiger partial charge in [-0.15, -0.1) is 0 Å². The number of para-hydroxylation sites is 5. The lowest BCUT2D eigenvalue weighted by Crippen LogP contribution is -2.04. The second-order valence-corrected chi connectivity index (χ2v) is 15.7. The summed E-state index contributed by atoms with van der Waals surface area (Å²) in [5, 5.41) is 7.67. The van der Waals surface area contributed by atoms with E-state index in [1.165, 1.54) is 0 Å². The van der Waals surface area contributed by atoms with Gasteiger partial charge in [0.1, 0.15) is 22.3 Å². The van der Waals surface area contributed by atoms with Crippen molar-refractivity contribution in [3.8, 4) is 50.6 Å². The van der Waals surface area contributed by atoms with Crippen molar-refractivity contribution < 1.29 is 8.83 Å². The van der Waals surface area contributed by atoms with E-state index < -0.39 is 0 Å². The highest BCUT2D eigenvalue weighted by atomic mass is 16.3. The molecule has 4 heterocycles. The summed E-state index contributed by atoms with van der Waals surface area (Å²) < 4.78 is 15.0. The van der Waals surface area contributed by atoms with E-state index in [0.29, 0.717) is 5.95 Å². The normalized spacial score (nSPS) is 11.9. The molecule has 0 aliphatic carbocycles. The van der Waals surface area contributed by atoms with Gasteiger partial charge in [0.25, 0.3) is 0 Å². The predicted molar refractivity (Wildman–Crippen MR) is 250 cm³/mol. The zero-order chi connectivity index (χ0) is 40.0. The van der Waals surface area contributed by atoms with Gasteiger partial charge < -0.3 is 8.83 Å². The summed E-state index contributed by atoms with van der Waals surface area (Å²) in [6.07, 6.45) is 0. The topological polar surface area (TPSA) is 57.0 Å². The molecular weight excluding hydrogens is 747 g/mol. The first-order valence-corrected chi connectivity index (χ1v) is 20.6. The van der Waals surface area contributed by atoms with E-state index in [2.05, 4.69) is 168 Å². The maximum absolute atomic E-state index is 6.54. The number of aromatic nitrogens is 3.